The summed E-state index contributed by atoms with van der Waals surface area (Å²) in [5.41, 5.74) is 1.00. The molecule has 2 atom stereocenters. The topological polar surface area (TPSA) is 55.8 Å². The summed E-state index contributed by atoms with van der Waals surface area (Å²) in [5.74, 6) is -1.19. The number of esters is 1. The SMILES string of the molecule is C[C@@H]1CN(C(=O)COC(=O)/C(=C/c2ccc(F)cc2)c2cccs2)C[C@@H](C)O1. The van der Waals surface area contributed by atoms with Crippen molar-refractivity contribution in [3.63, 3.8) is 0 Å². The van der Waals surface area contributed by atoms with Gasteiger partial charge in [0.25, 0.3) is 5.91 Å². The largest absolute Gasteiger partial charge is 0.452 e. The van der Waals surface area contributed by atoms with Gasteiger partial charge in [0, 0.05) is 18.0 Å². The first-order chi connectivity index (χ1) is 13.4. The first-order valence-electron chi connectivity index (χ1n) is 9.04. The van der Waals surface area contributed by atoms with Crippen LogP contribution in [0.2, 0.25) is 0 Å². The van der Waals surface area contributed by atoms with Crippen molar-refractivity contribution in [1.82, 2.24) is 4.90 Å². The van der Waals surface area contributed by atoms with E-state index < -0.39 is 5.97 Å². The van der Waals surface area contributed by atoms with Crippen LogP contribution in [0.1, 0.15) is 24.3 Å². The fraction of sp³-hybridized carbons (Fsp3) is 0.333. The van der Waals surface area contributed by atoms with Gasteiger partial charge in [-0.25, -0.2) is 9.18 Å². The van der Waals surface area contributed by atoms with Crippen LogP contribution in [0.3, 0.4) is 0 Å². The molecule has 1 amide bonds. The molecule has 0 N–H and O–H groups in total. The first-order valence-corrected chi connectivity index (χ1v) is 9.92. The van der Waals surface area contributed by atoms with Crippen molar-refractivity contribution in [2.45, 2.75) is 26.1 Å². The third kappa shape index (κ3) is 5.27. The molecule has 28 heavy (non-hydrogen) atoms. The van der Waals surface area contributed by atoms with Crippen LogP contribution in [0.15, 0.2) is 41.8 Å². The van der Waals surface area contributed by atoms with E-state index in [9.17, 15) is 14.0 Å². The van der Waals surface area contributed by atoms with Gasteiger partial charge in [-0.2, -0.15) is 0 Å². The summed E-state index contributed by atoms with van der Waals surface area (Å²) in [6.45, 7) is 4.43. The highest BCUT2D eigenvalue weighted by molar-refractivity contribution is 7.11. The molecule has 1 aliphatic heterocycles. The van der Waals surface area contributed by atoms with Gasteiger partial charge in [0.05, 0.1) is 17.8 Å². The van der Waals surface area contributed by atoms with Crippen molar-refractivity contribution < 1.29 is 23.5 Å². The molecule has 1 saturated heterocycles. The second kappa shape index (κ2) is 9.12. The van der Waals surface area contributed by atoms with Crippen LogP contribution >= 0.6 is 11.3 Å². The zero-order chi connectivity index (χ0) is 20.1. The fourth-order valence-corrected chi connectivity index (χ4v) is 3.80. The molecule has 1 fully saturated rings. The lowest BCUT2D eigenvalue weighted by Gasteiger charge is -2.35. The number of morpholine rings is 1. The van der Waals surface area contributed by atoms with Gasteiger partial charge in [-0.15, -0.1) is 11.3 Å². The number of benzene rings is 1. The van der Waals surface area contributed by atoms with Crippen LogP contribution in [-0.2, 0) is 19.1 Å². The minimum atomic E-state index is -0.588. The zero-order valence-corrected chi connectivity index (χ0v) is 16.6. The highest BCUT2D eigenvalue weighted by atomic mass is 32.1. The molecule has 1 aromatic heterocycles. The second-order valence-corrected chi connectivity index (χ2v) is 7.67. The molecule has 7 heteroatoms. The maximum atomic E-state index is 13.1. The molecule has 1 aromatic carbocycles. The number of amides is 1. The minimum Gasteiger partial charge on any atom is -0.452 e. The summed E-state index contributed by atoms with van der Waals surface area (Å²) >= 11 is 1.39. The van der Waals surface area contributed by atoms with E-state index >= 15 is 0 Å². The number of nitrogens with zero attached hydrogens (tertiary/aromatic N) is 1. The van der Waals surface area contributed by atoms with Crippen LogP contribution < -0.4 is 0 Å². The van der Waals surface area contributed by atoms with Crippen LogP contribution in [0.4, 0.5) is 4.39 Å². The lowest BCUT2D eigenvalue weighted by atomic mass is 10.1. The van der Waals surface area contributed by atoms with Crippen molar-refractivity contribution >= 4 is 34.9 Å². The molecule has 0 bridgehead atoms. The lowest BCUT2D eigenvalue weighted by molar-refractivity contribution is -0.154. The van der Waals surface area contributed by atoms with E-state index in [0.717, 1.165) is 4.88 Å². The molecule has 0 aliphatic carbocycles. The predicted octanol–water partition coefficient (Wildman–Crippen LogP) is 3.61. The maximum Gasteiger partial charge on any atom is 0.340 e. The molecule has 1 aliphatic rings. The van der Waals surface area contributed by atoms with Gasteiger partial charge >= 0.3 is 5.97 Å². The summed E-state index contributed by atoms with van der Waals surface area (Å²) in [6, 6.07) is 9.44. The average molecular weight is 403 g/mol. The minimum absolute atomic E-state index is 0.0524. The molecule has 2 aromatic rings. The van der Waals surface area contributed by atoms with Gasteiger partial charge in [0.1, 0.15) is 5.82 Å². The highest BCUT2D eigenvalue weighted by Gasteiger charge is 2.27. The van der Waals surface area contributed by atoms with Gasteiger partial charge < -0.3 is 14.4 Å². The summed E-state index contributed by atoms with van der Waals surface area (Å²) in [5, 5.41) is 1.85. The Labute approximate surface area is 167 Å². The lowest BCUT2D eigenvalue weighted by Crippen LogP contribution is -2.49. The van der Waals surface area contributed by atoms with Gasteiger partial charge in [0.2, 0.25) is 0 Å². The molecule has 5 nitrogen and oxygen atoms in total. The normalized spacial score (nSPS) is 20.1. The predicted molar refractivity (Wildman–Crippen MR) is 106 cm³/mol. The molecule has 2 heterocycles. The van der Waals surface area contributed by atoms with E-state index in [1.807, 2.05) is 25.3 Å². The van der Waals surface area contributed by atoms with E-state index in [1.54, 1.807) is 29.2 Å². The summed E-state index contributed by atoms with van der Waals surface area (Å²) in [7, 11) is 0. The average Bonchev–Trinajstić information content (AvgIpc) is 3.19. The van der Waals surface area contributed by atoms with Gasteiger partial charge in [-0.05, 0) is 49.1 Å². The van der Waals surface area contributed by atoms with Crippen LogP contribution in [0.5, 0.6) is 0 Å². The number of ether oxygens (including phenoxy) is 2. The van der Waals surface area contributed by atoms with Crippen molar-refractivity contribution in [2.75, 3.05) is 19.7 Å². The molecular weight excluding hydrogens is 381 g/mol. The van der Waals surface area contributed by atoms with Crippen molar-refractivity contribution in [3.05, 3.63) is 58.0 Å². The van der Waals surface area contributed by atoms with E-state index in [1.165, 1.54) is 23.5 Å². The molecular formula is C21H22FNO4S. The number of carbonyl (C=O) groups is 2. The smallest absolute Gasteiger partial charge is 0.340 e. The Morgan fingerprint density at radius 2 is 1.89 bits per heavy atom. The van der Waals surface area contributed by atoms with Gasteiger partial charge in [0.15, 0.2) is 6.61 Å². The molecule has 3 rings (SSSR count). The van der Waals surface area contributed by atoms with Gasteiger partial charge in [-0.1, -0.05) is 18.2 Å². The van der Waals surface area contributed by atoms with Crippen molar-refractivity contribution in [3.8, 4) is 0 Å². The molecule has 0 radical (unpaired) electrons. The fourth-order valence-electron chi connectivity index (χ4n) is 3.07. The van der Waals surface area contributed by atoms with E-state index in [2.05, 4.69) is 0 Å². The first kappa shape index (κ1) is 20.2. The van der Waals surface area contributed by atoms with E-state index in [0.29, 0.717) is 24.2 Å². The second-order valence-electron chi connectivity index (χ2n) is 6.72. The standard InChI is InChI=1S/C21H22FNO4S/c1-14-11-23(12-15(2)27-14)20(24)13-26-21(25)18(19-4-3-9-28-19)10-16-5-7-17(22)8-6-16/h3-10,14-15H,11-13H2,1-2H3/b18-10+/t14-,15-/m1/s1. The summed E-state index contributed by atoms with van der Waals surface area (Å²) in [4.78, 5) is 27.5. The third-order valence-corrected chi connectivity index (χ3v) is 5.19. The number of carbonyl (C=O) groups excluding carboxylic acids is 2. The summed E-state index contributed by atoms with van der Waals surface area (Å²) in [6.07, 6.45) is 1.53. The van der Waals surface area contributed by atoms with Gasteiger partial charge in [-0.3, -0.25) is 4.79 Å². The molecule has 0 spiro atoms. The van der Waals surface area contributed by atoms with Crippen LogP contribution in [0, 0.1) is 5.82 Å². The number of halogens is 1. The Morgan fingerprint density at radius 1 is 1.21 bits per heavy atom. The Hall–Kier alpha value is -2.51. The highest BCUT2D eigenvalue weighted by Crippen LogP contribution is 2.24. The number of thiophene rings is 1. The summed E-state index contributed by atoms with van der Waals surface area (Å²) < 4.78 is 24.1. The molecule has 0 unspecified atom stereocenters. The van der Waals surface area contributed by atoms with Crippen molar-refractivity contribution in [2.24, 2.45) is 0 Å². The Kier molecular flexibility index (Phi) is 6.59. The number of hydrogen-bond donors (Lipinski definition) is 0. The van der Waals surface area contributed by atoms with Crippen molar-refractivity contribution in [1.29, 1.82) is 0 Å². The quantitative estimate of drug-likeness (QED) is 0.565. The number of hydrogen-bond acceptors (Lipinski definition) is 5. The Morgan fingerprint density at radius 3 is 2.50 bits per heavy atom. The monoisotopic (exact) mass is 403 g/mol. The number of rotatable bonds is 5. The van der Waals surface area contributed by atoms with Crippen LogP contribution in [0.25, 0.3) is 11.6 Å². The molecule has 148 valence electrons. The zero-order valence-electron chi connectivity index (χ0n) is 15.8. The molecule has 0 saturated carbocycles. The van der Waals surface area contributed by atoms with E-state index in [-0.39, 0.29) is 30.5 Å². The van der Waals surface area contributed by atoms with E-state index in [4.69, 9.17) is 9.47 Å². The Balaban J connectivity index is 1.70. The third-order valence-electron chi connectivity index (χ3n) is 4.29. The Bertz CT molecular complexity index is 838. The van der Waals surface area contributed by atoms with Crippen LogP contribution in [-0.4, -0.2) is 48.7 Å². The maximum absolute atomic E-state index is 13.1.